The van der Waals surface area contributed by atoms with Gasteiger partial charge >= 0.3 is 0 Å². The molecule has 0 saturated carbocycles. The average Bonchev–Trinajstić information content (AvgIpc) is 3.09. The van der Waals surface area contributed by atoms with E-state index in [1.165, 1.54) is 6.20 Å². The molecule has 3 aromatic rings. The van der Waals surface area contributed by atoms with Crippen molar-refractivity contribution < 1.29 is 4.79 Å². The number of carbonyl (C=O) groups is 1. The number of anilines is 1. The molecule has 0 aliphatic carbocycles. The fourth-order valence-electron chi connectivity index (χ4n) is 1.64. The maximum absolute atomic E-state index is 12.0. The highest BCUT2D eigenvalue weighted by atomic mass is 32.1. The minimum atomic E-state index is -0.333. The Hall–Kier alpha value is -2.54. The number of aromatic nitrogens is 4. The number of rotatable bonds is 3. The van der Waals surface area contributed by atoms with Gasteiger partial charge in [-0.05, 0) is 18.4 Å². The fourth-order valence-corrected chi connectivity index (χ4v) is 2.30. The molecule has 0 aliphatic rings. The normalized spacial score (nSPS) is 10.4. The van der Waals surface area contributed by atoms with Crippen LogP contribution in [0.1, 0.15) is 16.2 Å². The Morgan fingerprint density at radius 2 is 2.25 bits per heavy atom. The first kappa shape index (κ1) is 12.5. The third kappa shape index (κ3) is 2.57. The van der Waals surface area contributed by atoms with Crippen LogP contribution in [0.4, 0.5) is 5.82 Å². The Kier molecular flexibility index (Phi) is 3.26. The van der Waals surface area contributed by atoms with Crippen molar-refractivity contribution in [2.45, 2.75) is 6.92 Å². The van der Waals surface area contributed by atoms with E-state index in [1.807, 2.05) is 23.8 Å². The lowest BCUT2D eigenvalue weighted by atomic mass is 10.2. The minimum absolute atomic E-state index is 0.260. The molecule has 0 aromatic carbocycles. The fraction of sp³-hybridized carbons (Fsp3) is 0.0769. The zero-order valence-electron chi connectivity index (χ0n) is 10.6. The molecule has 0 unspecified atom stereocenters. The number of H-pyrrole nitrogens is 1. The molecule has 20 heavy (non-hydrogen) atoms. The zero-order chi connectivity index (χ0) is 13.9. The highest BCUT2D eigenvalue weighted by Gasteiger charge is 2.11. The lowest BCUT2D eigenvalue weighted by molar-refractivity contribution is 0.102. The van der Waals surface area contributed by atoms with Gasteiger partial charge in [0.2, 0.25) is 0 Å². The summed E-state index contributed by atoms with van der Waals surface area (Å²) in [5.74, 6) is 0.124. The number of hydrogen-bond donors (Lipinski definition) is 2. The first-order valence-electron chi connectivity index (χ1n) is 5.90. The second-order valence-electron chi connectivity index (χ2n) is 4.18. The van der Waals surface area contributed by atoms with Gasteiger partial charge in [-0.2, -0.15) is 16.4 Å². The van der Waals surface area contributed by atoms with Gasteiger partial charge < -0.3 is 5.32 Å². The summed E-state index contributed by atoms with van der Waals surface area (Å²) in [4.78, 5) is 20.0. The van der Waals surface area contributed by atoms with E-state index in [1.54, 1.807) is 23.6 Å². The predicted molar refractivity (Wildman–Crippen MR) is 76.6 cm³/mol. The Balaban J connectivity index is 1.75. The molecule has 7 heteroatoms. The van der Waals surface area contributed by atoms with Gasteiger partial charge in [-0.3, -0.25) is 14.9 Å². The van der Waals surface area contributed by atoms with E-state index in [0.29, 0.717) is 5.82 Å². The van der Waals surface area contributed by atoms with Crippen molar-refractivity contribution in [2.75, 3.05) is 5.32 Å². The molecular formula is C13H11N5OS. The van der Waals surface area contributed by atoms with Crippen LogP contribution in [0.25, 0.3) is 11.3 Å². The van der Waals surface area contributed by atoms with E-state index in [9.17, 15) is 4.79 Å². The van der Waals surface area contributed by atoms with Crippen molar-refractivity contribution >= 4 is 23.1 Å². The highest BCUT2D eigenvalue weighted by molar-refractivity contribution is 7.08. The van der Waals surface area contributed by atoms with Gasteiger partial charge in [-0.1, -0.05) is 0 Å². The van der Waals surface area contributed by atoms with Gasteiger partial charge in [0.1, 0.15) is 5.69 Å². The summed E-state index contributed by atoms with van der Waals surface area (Å²) in [6.07, 6.45) is 2.99. The number of hydrogen-bond acceptors (Lipinski definition) is 5. The van der Waals surface area contributed by atoms with Crippen LogP contribution in [0.5, 0.6) is 0 Å². The van der Waals surface area contributed by atoms with Crippen LogP contribution < -0.4 is 5.32 Å². The first-order chi connectivity index (χ1) is 9.72. The maximum Gasteiger partial charge on any atom is 0.277 e. The zero-order valence-corrected chi connectivity index (χ0v) is 11.4. The number of nitrogens with zero attached hydrogens (tertiary/aromatic N) is 3. The summed E-state index contributed by atoms with van der Waals surface area (Å²) in [7, 11) is 0. The summed E-state index contributed by atoms with van der Waals surface area (Å²) in [5, 5.41) is 13.6. The molecule has 6 nitrogen and oxygen atoms in total. The van der Waals surface area contributed by atoms with Gasteiger partial charge in [-0.15, -0.1) is 0 Å². The van der Waals surface area contributed by atoms with Gasteiger partial charge in [0.05, 0.1) is 17.6 Å². The Morgan fingerprint density at radius 1 is 1.35 bits per heavy atom. The summed E-state index contributed by atoms with van der Waals surface area (Å²) < 4.78 is 0. The van der Waals surface area contributed by atoms with E-state index >= 15 is 0 Å². The average molecular weight is 285 g/mol. The van der Waals surface area contributed by atoms with Crippen LogP contribution in [0.3, 0.4) is 0 Å². The van der Waals surface area contributed by atoms with Crippen molar-refractivity contribution in [3.63, 3.8) is 0 Å². The van der Waals surface area contributed by atoms with Crippen molar-refractivity contribution in [2.24, 2.45) is 0 Å². The minimum Gasteiger partial charge on any atom is -0.304 e. The standard InChI is InChI=1S/C13H11N5OS/c1-8-5-15-11(6-14-8)13(19)16-12-4-10(17-18-12)9-2-3-20-7-9/h2-7H,1H3,(H2,16,17,18,19). The largest absolute Gasteiger partial charge is 0.304 e. The number of carbonyl (C=O) groups excluding carboxylic acids is 1. The number of aryl methyl sites for hydroxylation is 1. The van der Waals surface area contributed by atoms with Crippen LogP contribution in [0, 0.1) is 6.92 Å². The predicted octanol–water partition coefficient (Wildman–Crippen LogP) is 2.49. The van der Waals surface area contributed by atoms with E-state index in [-0.39, 0.29) is 11.6 Å². The molecular weight excluding hydrogens is 274 g/mol. The van der Waals surface area contributed by atoms with Crippen LogP contribution in [-0.4, -0.2) is 26.1 Å². The molecule has 3 heterocycles. The Morgan fingerprint density at radius 3 is 2.95 bits per heavy atom. The summed E-state index contributed by atoms with van der Waals surface area (Å²) in [6.45, 7) is 1.82. The number of nitrogens with one attached hydrogen (secondary N) is 2. The van der Waals surface area contributed by atoms with Gasteiger partial charge in [-0.25, -0.2) is 4.98 Å². The van der Waals surface area contributed by atoms with Crippen LogP contribution in [-0.2, 0) is 0 Å². The quantitative estimate of drug-likeness (QED) is 0.774. The molecule has 0 atom stereocenters. The topological polar surface area (TPSA) is 83.6 Å². The lowest BCUT2D eigenvalue weighted by Crippen LogP contribution is -2.14. The van der Waals surface area contributed by atoms with E-state index in [2.05, 4.69) is 25.5 Å². The number of aromatic amines is 1. The van der Waals surface area contributed by atoms with Gasteiger partial charge in [0.25, 0.3) is 5.91 Å². The summed E-state index contributed by atoms with van der Waals surface area (Å²) >= 11 is 1.60. The maximum atomic E-state index is 12.0. The van der Waals surface area contributed by atoms with E-state index in [0.717, 1.165) is 17.0 Å². The molecule has 0 spiro atoms. The SMILES string of the molecule is Cc1cnc(C(=O)Nc2cc(-c3ccsc3)[nH]n2)cn1. The highest BCUT2D eigenvalue weighted by Crippen LogP contribution is 2.22. The third-order valence-electron chi connectivity index (χ3n) is 2.67. The monoisotopic (exact) mass is 285 g/mol. The molecule has 3 aromatic heterocycles. The van der Waals surface area contributed by atoms with Crippen LogP contribution >= 0.6 is 11.3 Å². The molecule has 3 rings (SSSR count). The van der Waals surface area contributed by atoms with Crippen LogP contribution in [0.15, 0.2) is 35.3 Å². The van der Waals surface area contributed by atoms with Crippen molar-refractivity contribution in [3.8, 4) is 11.3 Å². The van der Waals surface area contributed by atoms with Crippen molar-refractivity contribution in [1.82, 2.24) is 20.2 Å². The van der Waals surface area contributed by atoms with E-state index < -0.39 is 0 Å². The van der Waals surface area contributed by atoms with E-state index in [4.69, 9.17) is 0 Å². The molecule has 0 bridgehead atoms. The molecule has 100 valence electrons. The third-order valence-corrected chi connectivity index (χ3v) is 3.35. The van der Waals surface area contributed by atoms with Crippen molar-refractivity contribution in [3.05, 3.63) is 46.7 Å². The van der Waals surface area contributed by atoms with Crippen molar-refractivity contribution in [1.29, 1.82) is 0 Å². The molecule has 0 saturated heterocycles. The molecule has 0 fully saturated rings. The molecule has 2 N–H and O–H groups in total. The Bertz CT molecular complexity index is 718. The van der Waals surface area contributed by atoms with Gasteiger partial charge in [0, 0.05) is 23.2 Å². The smallest absolute Gasteiger partial charge is 0.277 e. The first-order valence-corrected chi connectivity index (χ1v) is 6.84. The Labute approximate surface area is 118 Å². The van der Waals surface area contributed by atoms with Crippen LogP contribution in [0.2, 0.25) is 0 Å². The van der Waals surface area contributed by atoms with Gasteiger partial charge in [0.15, 0.2) is 5.82 Å². The molecule has 0 radical (unpaired) electrons. The second-order valence-corrected chi connectivity index (χ2v) is 4.96. The second kappa shape index (κ2) is 5.22. The summed E-state index contributed by atoms with van der Waals surface area (Å²) in [6, 6.07) is 3.76. The number of thiophene rings is 1. The number of amides is 1. The summed E-state index contributed by atoms with van der Waals surface area (Å²) in [5.41, 5.74) is 2.92. The lowest BCUT2D eigenvalue weighted by Gasteiger charge is -2.00. The molecule has 1 amide bonds. The molecule has 0 aliphatic heterocycles.